The van der Waals surface area contributed by atoms with Crippen molar-refractivity contribution in [3.05, 3.63) is 46.0 Å². The fraction of sp³-hybridized carbons (Fsp3) is 0.412. The van der Waals surface area contributed by atoms with Crippen LogP contribution in [0.4, 0.5) is 17.3 Å². The van der Waals surface area contributed by atoms with Crippen molar-refractivity contribution in [1.82, 2.24) is 15.0 Å². The molecule has 2 aromatic heterocycles. The molecule has 1 amide bonds. The predicted molar refractivity (Wildman–Crippen MR) is 99.7 cm³/mol. The van der Waals surface area contributed by atoms with Crippen molar-refractivity contribution >= 4 is 23.2 Å². The highest BCUT2D eigenvalue weighted by Crippen LogP contribution is 2.23. The van der Waals surface area contributed by atoms with Crippen LogP contribution in [0.25, 0.3) is 0 Å². The number of nitrogens with zero attached hydrogens (tertiary/aromatic N) is 5. The van der Waals surface area contributed by atoms with E-state index in [1.807, 2.05) is 6.07 Å². The number of nitro groups is 1. The molecule has 3 N–H and O–H groups in total. The van der Waals surface area contributed by atoms with Crippen LogP contribution in [0.1, 0.15) is 35.8 Å². The number of nitrogens with one attached hydrogen (secondary N) is 1. The number of piperidine rings is 1. The maximum Gasteiger partial charge on any atom is 0.288 e. The number of rotatable bonds is 6. The van der Waals surface area contributed by atoms with Crippen molar-refractivity contribution < 1.29 is 9.72 Å². The molecule has 27 heavy (non-hydrogen) atoms. The number of hydrogen-bond donors (Lipinski definition) is 2. The van der Waals surface area contributed by atoms with Crippen LogP contribution in [-0.2, 0) is 6.42 Å². The Morgan fingerprint density at radius 3 is 2.70 bits per heavy atom. The molecule has 0 radical (unpaired) electrons. The molecule has 10 nitrogen and oxygen atoms in total. The van der Waals surface area contributed by atoms with Crippen molar-refractivity contribution in [2.45, 2.75) is 32.2 Å². The number of primary amides is 1. The van der Waals surface area contributed by atoms with Crippen LogP contribution in [-0.4, -0.2) is 44.9 Å². The van der Waals surface area contributed by atoms with Gasteiger partial charge in [0.25, 0.3) is 11.6 Å². The summed E-state index contributed by atoms with van der Waals surface area (Å²) in [6.07, 6.45) is 5.18. The number of carbonyl (C=O) groups is 1. The van der Waals surface area contributed by atoms with Crippen molar-refractivity contribution in [1.29, 1.82) is 0 Å². The molecule has 1 aliphatic heterocycles. The Morgan fingerprint density at radius 1 is 1.33 bits per heavy atom. The number of amides is 1. The largest absolute Gasteiger partial charge is 0.367 e. The molecule has 0 atom stereocenters. The number of pyridine rings is 1. The minimum atomic E-state index is -0.751. The molecule has 1 saturated heterocycles. The Hall–Kier alpha value is -3.30. The van der Waals surface area contributed by atoms with Gasteiger partial charge in [-0.25, -0.2) is 15.0 Å². The Labute approximate surface area is 156 Å². The minimum Gasteiger partial charge on any atom is -0.367 e. The quantitative estimate of drug-likeness (QED) is 0.575. The SMILES string of the molecule is CCc1cc(N2CCC(Nc3ncc([N+](=O)[O-])cc3C(N)=O)CC2)ncn1. The molecular weight excluding hydrogens is 350 g/mol. The Balaban J connectivity index is 1.67. The number of anilines is 2. The first-order valence-electron chi connectivity index (χ1n) is 8.74. The maximum atomic E-state index is 11.6. The summed E-state index contributed by atoms with van der Waals surface area (Å²) in [6, 6.07) is 3.23. The zero-order valence-electron chi connectivity index (χ0n) is 15.0. The van der Waals surface area contributed by atoms with Gasteiger partial charge in [0.05, 0.1) is 10.5 Å². The van der Waals surface area contributed by atoms with E-state index in [1.54, 1.807) is 6.33 Å². The highest BCUT2D eigenvalue weighted by molar-refractivity contribution is 5.98. The summed E-state index contributed by atoms with van der Waals surface area (Å²) in [7, 11) is 0. The third-order valence-electron chi connectivity index (χ3n) is 4.58. The lowest BCUT2D eigenvalue weighted by Crippen LogP contribution is -2.40. The van der Waals surface area contributed by atoms with E-state index in [0.717, 1.165) is 56.1 Å². The van der Waals surface area contributed by atoms with Gasteiger partial charge in [-0.3, -0.25) is 14.9 Å². The maximum absolute atomic E-state index is 11.6. The van der Waals surface area contributed by atoms with Crippen molar-refractivity contribution in [3.63, 3.8) is 0 Å². The molecule has 142 valence electrons. The van der Waals surface area contributed by atoms with Crippen LogP contribution in [0.15, 0.2) is 24.7 Å². The average molecular weight is 371 g/mol. The van der Waals surface area contributed by atoms with E-state index < -0.39 is 10.8 Å². The topological polar surface area (TPSA) is 140 Å². The second-order valence-electron chi connectivity index (χ2n) is 6.34. The van der Waals surface area contributed by atoms with Gasteiger partial charge in [-0.05, 0) is 19.3 Å². The molecule has 2 aromatic rings. The van der Waals surface area contributed by atoms with E-state index in [9.17, 15) is 14.9 Å². The van der Waals surface area contributed by atoms with Gasteiger partial charge >= 0.3 is 0 Å². The first-order chi connectivity index (χ1) is 13.0. The van der Waals surface area contributed by atoms with Gasteiger partial charge in [-0.15, -0.1) is 0 Å². The fourth-order valence-electron chi connectivity index (χ4n) is 3.05. The van der Waals surface area contributed by atoms with Crippen LogP contribution in [0.5, 0.6) is 0 Å². The van der Waals surface area contributed by atoms with Gasteiger partial charge in [-0.2, -0.15) is 0 Å². The van der Waals surface area contributed by atoms with E-state index in [4.69, 9.17) is 5.73 Å². The van der Waals surface area contributed by atoms with Gasteiger partial charge in [0, 0.05) is 37.0 Å². The molecule has 0 unspecified atom stereocenters. The van der Waals surface area contributed by atoms with Gasteiger partial charge < -0.3 is 16.0 Å². The van der Waals surface area contributed by atoms with Gasteiger partial charge in [-0.1, -0.05) is 6.92 Å². The Kier molecular flexibility index (Phi) is 5.43. The summed E-state index contributed by atoms with van der Waals surface area (Å²) in [4.78, 5) is 36.7. The monoisotopic (exact) mass is 371 g/mol. The van der Waals surface area contributed by atoms with Crippen LogP contribution < -0.4 is 16.0 Å². The highest BCUT2D eigenvalue weighted by Gasteiger charge is 2.23. The third kappa shape index (κ3) is 4.27. The molecule has 0 aliphatic carbocycles. The van der Waals surface area contributed by atoms with E-state index in [1.165, 1.54) is 0 Å². The lowest BCUT2D eigenvalue weighted by molar-refractivity contribution is -0.385. The summed E-state index contributed by atoms with van der Waals surface area (Å²) in [5.41, 5.74) is 6.11. The second-order valence-corrected chi connectivity index (χ2v) is 6.34. The molecule has 1 aliphatic rings. The lowest BCUT2D eigenvalue weighted by Gasteiger charge is -2.33. The van der Waals surface area contributed by atoms with E-state index in [-0.39, 0.29) is 23.1 Å². The van der Waals surface area contributed by atoms with Crippen LogP contribution in [0.2, 0.25) is 0 Å². The number of aryl methyl sites for hydroxylation is 1. The van der Waals surface area contributed by atoms with Crippen LogP contribution in [0.3, 0.4) is 0 Å². The summed E-state index contributed by atoms with van der Waals surface area (Å²) in [5.74, 6) is 0.438. The molecular formula is C17H21N7O3. The molecule has 0 spiro atoms. The molecule has 1 fully saturated rings. The first kappa shape index (κ1) is 18.5. The average Bonchev–Trinajstić information content (AvgIpc) is 2.68. The zero-order chi connectivity index (χ0) is 19.4. The summed E-state index contributed by atoms with van der Waals surface area (Å²) in [6.45, 7) is 3.63. The summed E-state index contributed by atoms with van der Waals surface area (Å²) >= 11 is 0. The molecule has 0 saturated carbocycles. The summed E-state index contributed by atoms with van der Waals surface area (Å²) in [5, 5.41) is 14.1. The number of nitrogens with two attached hydrogens (primary N) is 1. The lowest BCUT2D eigenvalue weighted by atomic mass is 10.0. The number of hydrogen-bond acceptors (Lipinski definition) is 8. The molecule has 3 rings (SSSR count). The second kappa shape index (κ2) is 7.94. The third-order valence-corrected chi connectivity index (χ3v) is 4.58. The summed E-state index contributed by atoms with van der Waals surface area (Å²) < 4.78 is 0. The number of carbonyl (C=O) groups excluding carboxylic acids is 1. The first-order valence-corrected chi connectivity index (χ1v) is 8.74. The molecule has 10 heteroatoms. The van der Waals surface area contributed by atoms with Gasteiger partial charge in [0.15, 0.2) is 0 Å². The van der Waals surface area contributed by atoms with E-state index in [0.29, 0.717) is 0 Å². The molecule has 0 bridgehead atoms. The predicted octanol–water partition coefficient (Wildman–Crippen LogP) is 1.52. The van der Waals surface area contributed by atoms with Crippen molar-refractivity contribution in [3.8, 4) is 0 Å². The van der Waals surface area contributed by atoms with Gasteiger partial charge in [0.1, 0.15) is 24.2 Å². The number of aromatic nitrogens is 3. The zero-order valence-corrected chi connectivity index (χ0v) is 15.0. The Morgan fingerprint density at radius 2 is 2.07 bits per heavy atom. The molecule has 3 heterocycles. The Bertz CT molecular complexity index is 850. The van der Waals surface area contributed by atoms with E-state index >= 15 is 0 Å². The van der Waals surface area contributed by atoms with Crippen molar-refractivity contribution in [2.24, 2.45) is 5.73 Å². The fourth-order valence-corrected chi connectivity index (χ4v) is 3.05. The van der Waals surface area contributed by atoms with Crippen LogP contribution in [0, 0.1) is 10.1 Å². The standard InChI is InChI=1S/C17H21N7O3/c1-2-11-7-15(21-10-20-11)23-5-3-12(4-6-23)22-17-14(16(18)25)8-13(9-19-17)24(26)27/h7-10,12H,2-6H2,1H3,(H2,18,25)(H,19,22). The van der Waals surface area contributed by atoms with Crippen molar-refractivity contribution in [2.75, 3.05) is 23.3 Å². The van der Waals surface area contributed by atoms with Gasteiger partial charge in [0.2, 0.25) is 0 Å². The van der Waals surface area contributed by atoms with Crippen LogP contribution >= 0.6 is 0 Å². The molecule has 0 aromatic carbocycles. The highest BCUT2D eigenvalue weighted by atomic mass is 16.6. The minimum absolute atomic E-state index is 0.0232. The smallest absolute Gasteiger partial charge is 0.288 e. The van der Waals surface area contributed by atoms with E-state index in [2.05, 4.69) is 32.1 Å². The normalized spacial score (nSPS) is 14.8.